The second-order valence-electron chi connectivity index (χ2n) is 5.55. The lowest BCUT2D eigenvalue weighted by Gasteiger charge is -2.08. The minimum atomic E-state index is -0.533. The zero-order valence-corrected chi connectivity index (χ0v) is 15.0. The van der Waals surface area contributed by atoms with Gasteiger partial charge >= 0.3 is 5.97 Å². The number of carbonyl (C=O) groups is 1. The van der Waals surface area contributed by atoms with Gasteiger partial charge in [-0.1, -0.05) is 53.2 Å². The summed E-state index contributed by atoms with van der Waals surface area (Å²) in [6, 6.07) is 8.09. The van der Waals surface area contributed by atoms with Crippen LogP contribution < -0.4 is 0 Å². The molecule has 0 aromatic heterocycles. The van der Waals surface area contributed by atoms with E-state index in [1.54, 1.807) is 6.21 Å². The molecular weight excluding hydrogens is 330 g/mol. The van der Waals surface area contributed by atoms with Crippen molar-refractivity contribution in [3.8, 4) is 0 Å². The van der Waals surface area contributed by atoms with Crippen LogP contribution in [0.2, 0.25) is 0 Å². The third kappa shape index (κ3) is 5.98. The van der Waals surface area contributed by atoms with Gasteiger partial charge in [0.25, 0.3) is 0 Å². The summed E-state index contributed by atoms with van der Waals surface area (Å²) in [6.07, 6.45) is 10.3. The summed E-state index contributed by atoms with van der Waals surface area (Å²) < 4.78 is 4.79. The second kappa shape index (κ2) is 9.88. The van der Waals surface area contributed by atoms with Crippen LogP contribution in [-0.2, 0) is 14.4 Å². The van der Waals surface area contributed by atoms with E-state index in [2.05, 4.69) is 20.2 Å². The lowest BCUT2D eigenvalue weighted by atomic mass is 9.99. The van der Waals surface area contributed by atoms with E-state index in [0.717, 1.165) is 28.8 Å². The Balaban J connectivity index is 2.08. The van der Waals surface area contributed by atoms with E-state index >= 15 is 0 Å². The highest BCUT2D eigenvalue weighted by Gasteiger charge is 2.08. The number of aryl methyl sites for hydroxylation is 1. The first kappa shape index (κ1) is 19.1. The number of allylic oxidation sites excluding steroid dienone is 5. The van der Waals surface area contributed by atoms with Crippen molar-refractivity contribution in [1.82, 2.24) is 0 Å². The molecular formula is C20H21N3O3. The Labute approximate surface area is 152 Å². The third-order valence-corrected chi connectivity index (χ3v) is 3.60. The van der Waals surface area contributed by atoms with Crippen molar-refractivity contribution in [3.05, 3.63) is 70.8 Å². The number of nitrogens with zero attached hydrogens (tertiary/aromatic N) is 3. The molecule has 26 heavy (non-hydrogen) atoms. The fourth-order valence-electron chi connectivity index (χ4n) is 2.18. The monoisotopic (exact) mass is 351 g/mol. The number of esters is 1. The van der Waals surface area contributed by atoms with Gasteiger partial charge < -0.3 is 9.57 Å². The minimum Gasteiger partial charge on any atom is -0.408 e. The molecule has 0 atom stereocenters. The lowest BCUT2D eigenvalue weighted by Crippen LogP contribution is -2.03. The van der Waals surface area contributed by atoms with E-state index < -0.39 is 5.97 Å². The van der Waals surface area contributed by atoms with Crippen LogP contribution in [0.4, 0.5) is 0 Å². The van der Waals surface area contributed by atoms with Gasteiger partial charge in [-0.05, 0) is 37.0 Å². The maximum atomic E-state index is 11.8. The van der Waals surface area contributed by atoms with Crippen molar-refractivity contribution in [2.75, 3.05) is 7.11 Å². The van der Waals surface area contributed by atoms with Crippen LogP contribution in [0, 0.1) is 6.92 Å². The lowest BCUT2D eigenvalue weighted by molar-refractivity contribution is -0.129. The fourth-order valence-corrected chi connectivity index (χ4v) is 2.18. The molecule has 2 rings (SSSR count). The van der Waals surface area contributed by atoms with Crippen molar-refractivity contribution < 1.29 is 14.4 Å². The van der Waals surface area contributed by atoms with E-state index in [4.69, 9.17) is 4.74 Å². The highest BCUT2D eigenvalue weighted by atomic mass is 16.6. The number of rotatable bonds is 6. The molecule has 0 fully saturated rings. The number of hydrogen-bond donors (Lipinski definition) is 0. The average Bonchev–Trinajstić information content (AvgIpc) is 2.64. The summed E-state index contributed by atoms with van der Waals surface area (Å²) in [5.74, 6) is -0.533. The number of ether oxygens (including phenoxy) is 1. The summed E-state index contributed by atoms with van der Waals surface area (Å²) >= 11 is 0. The smallest absolute Gasteiger partial charge is 0.337 e. The van der Waals surface area contributed by atoms with Crippen LogP contribution in [0.25, 0.3) is 0 Å². The first-order valence-corrected chi connectivity index (χ1v) is 8.08. The van der Waals surface area contributed by atoms with Gasteiger partial charge in [0.1, 0.15) is 7.11 Å². The van der Waals surface area contributed by atoms with Gasteiger partial charge in [0.15, 0.2) is 0 Å². The Morgan fingerprint density at radius 1 is 1.23 bits per heavy atom. The highest BCUT2D eigenvalue weighted by molar-refractivity contribution is 5.99. The molecule has 0 radical (unpaired) electrons. The molecule has 0 aliphatic heterocycles. The predicted molar refractivity (Wildman–Crippen MR) is 103 cm³/mol. The SMILES string of the molecule is CON=COC(=O)C=C1CC=CC=C1C=NN=C(C)c1ccc(C)cc1. The van der Waals surface area contributed by atoms with Crippen molar-refractivity contribution in [2.24, 2.45) is 15.4 Å². The molecule has 1 aromatic rings. The van der Waals surface area contributed by atoms with E-state index in [-0.39, 0.29) is 0 Å². The largest absolute Gasteiger partial charge is 0.408 e. The van der Waals surface area contributed by atoms with Gasteiger partial charge in [-0.25, -0.2) is 4.79 Å². The molecule has 0 unspecified atom stereocenters. The number of benzene rings is 1. The van der Waals surface area contributed by atoms with Gasteiger partial charge in [0.2, 0.25) is 6.40 Å². The van der Waals surface area contributed by atoms with Crippen molar-refractivity contribution in [1.29, 1.82) is 0 Å². The van der Waals surface area contributed by atoms with E-state index in [1.807, 2.05) is 56.3 Å². The molecule has 0 saturated heterocycles. The molecule has 0 N–H and O–H groups in total. The van der Waals surface area contributed by atoms with Crippen LogP contribution in [-0.4, -0.2) is 31.4 Å². The molecule has 0 heterocycles. The maximum Gasteiger partial charge on any atom is 0.337 e. The molecule has 0 spiro atoms. The fraction of sp³-hybridized carbons (Fsp3) is 0.200. The zero-order valence-electron chi connectivity index (χ0n) is 15.0. The van der Waals surface area contributed by atoms with Crippen LogP contribution in [0.3, 0.4) is 0 Å². The first-order chi connectivity index (χ1) is 12.6. The Bertz CT molecular complexity index is 813. The van der Waals surface area contributed by atoms with E-state index in [1.165, 1.54) is 18.7 Å². The number of carbonyl (C=O) groups excluding carboxylic acids is 1. The average molecular weight is 351 g/mol. The zero-order chi connectivity index (χ0) is 18.8. The van der Waals surface area contributed by atoms with E-state index in [0.29, 0.717) is 6.42 Å². The van der Waals surface area contributed by atoms with Crippen molar-refractivity contribution in [3.63, 3.8) is 0 Å². The molecule has 0 bridgehead atoms. The molecule has 0 saturated carbocycles. The Morgan fingerprint density at radius 2 is 2.00 bits per heavy atom. The van der Waals surface area contributed by atoms with Gasteiger partial charge in [-0.3, -0.25) is 0 Å². The van der Waals surface area contributed by atoms with Crippen LogP contribution in [0.1, 0.15) is 24.5 Å². The molecule has 1 aliphatic rings. The molecule has 1 aromatic carbocycles. The first-order valence-electron chi connectivity index (χ1n) is 8.08. The quantitative estimate of drug-likeness (QED) is 0.258. The minimum absolute atomic E-state index is 0.533. The van der Waals surface area contributed by atoms with Crippen LogP contribution in [0.15, 0.2) is 75.1 Å². The predicted octanol–water partition coefficient (Wildman–Crippen LogP) is 3.74. The summed E-state index contributed by atoms with van der Waals surface area (Å²) in [7, 11) is 1.37. The second-order valence-corrected chi connectivity index (χ2v) is 5.55. The summed E-state index contributed by atoms with van der Waals surface area (Å²) in [6.45, 7) is 3.94. The third-order valence-electron chi connectivity index (χ3n) is 3.60. The van der Waals surface area contributed by atoms with E-state index in [9.17, 15) is 4.79 Å². The highest BCUT2D eigenvalue weighted by Crippen LogP contribution is 2.18. The molecule has 0 amide bonds. The Hall–Kier alpha value is -3.28. The molecule has 6 nitrogen and oxygen atoms in total. The van der Waals surface area contributed by atoms with Gasteiger partial charge in [0, 0.05) is 6.08 Å². The molecule has 1 aliphatic carbocycles. The van der Waals surface area contributed by atoms with Crippen molar-refractivity contribution in [2.45, 2.75) is 20.3 Å². The standard InChI is InChI=1S/C20H21N3O3/c1-15-8-10-17(11-9-15)16(2)23-21-13-19-7-5-4-6-18(19)12-20(24)26-14-22-25-3/h4-5,7-14H,6H2,1-3H3. The summed E-state index contributed by atoms with van der Waals surface area (Å²) in [5, 5.41) is 11.7. The molecule has 6 heteroatoms. The van der Waals surface area contributed by atoms with Gasteiger partial charge in [0.05, 0.1) is 11.9 Å². The van der Waals surface area contributed by atoms with Gasteiger partial charge in [-0.15, -0.1) is 0 Å². The topological polar surface area (TPSA) is 72.6 Å². The number of hydrogen-bond acceptors (Lipinski definition) is 6. The van der Waals surface area contributed by atoms with Crippen LogP contribution in [0.5, 0.6) is 0 Å². The van der Waals surface area contributed by atoms with Gasteiger partial charge in [-0.2, -0.15) is 10.2 Å². The molecule has 134 valence electrons. The van der Waals surface area contributed by atoms with Crippen LogP contribution >= 0.6 is 0 Å². The Morgan fingerprint density at radius 3 is 2.73 bits per heavy atom. The summed E-state index contributed by atoms with van der Waals surface area (Å²) in [4.78, 5) is 16.2. The van der Waals surface area contributed by atoms with Crippen molar-refractivity contribution >= 4 is 24.3 Å². The number of oxime groups is 1. The Kier molecular flexibility index (Phi) is 7.24. The summed E-state index contributed by atoms with van der Waals surface area (Å²) in [5.41, 5.74) is 4.61. The normalized spacial score (nSPS) is 16.3. The maximum absolute atomic E-state index is 11.8.